The van der Waals surface area contributed by atoms with Crippen LogP contribution in [0.1, 0.15) is 5.56 Å². The van der Waals surface area contributed by atoms with E-state index in [1.54, 1.807) is 6.92 Å². The summed E-state index contributed by atoms with van der Waals surface area (Å²) in [6.07, 6.45) is 0. The predicted molar refractivity (Wildman–Crippen MR) is 64.1 cm³/mol. The zero-order valence-corrected chi connectivity index (χ0v) is 10.3. The smallest absolute Gasteiger partial charge is 0.168 e. The van der Waals surface area contributed by atoms with Gasteiger partial charge in [0.2, 0.25) is 0 Å². The molecule has 2 rings (SSSR count). The zero-order valence-electron chi connectivity index (χ0n) is 10.3. The zero-order chi connectivity index (χ0) is 14.0. The highest BCUT2D eigenvalue weighted by molar-refractivity contribution is 5.41. The van der Waals surface area contributed by atoms with Gasteiger partial charge in [-0.25, -0.2) is 13.2 Å². The fourth-order valence-corrected chi connectivity index (χ4v) is 1.59. The van der Waals surface area contributed by atoms with Crippen LogP contribution in [-0.4, -0.2) is 7.11 Å². The maximum Gasteiger partial charge on any atom is 0.168 e. The van der Waals surface area contributed by atoms with E-state index >= 15 is 0 Å². The molecule has 0 atom stereocenters. The van der Waals surface area contributed by atoms with Crippen molar-refractivity contribution in [3.8, 4) is 17.2 Å². The van der Waals surface area contributed by atoms with Gasteiger partial charge in [0, 0.05) is 12.1 Å². The lowest BCUT2D eigenvalue weighted by atomic mass is 10.2. The lowest BCUT2D eigenvalue weighted by Crippen LogP contribution is -1.94. The van der Waals surface area contributed by atoms with Gasteiger partial charge in [0.15, 0.2) is 23.2 Å². The number of halogens is 3. The van der Waals surface area contributed by atoms with E-state index in [9.17, 15) is 13.2 Å². The number of hydrogen-bond donors (Lipinski definition) is 0. The Labute approximate surface area is 108 Å². The van der Waals surface area contributed by atoms with Gasteiger partial charge in [-0.2, -0.15) is 0 Å². The molecule has 0 aliphatic heterocycles. The van der Waals surface area contributed by atoms with Gasteiger partial charge in [0.1, 0.15) is 11.5 Å². The summed E-state index contributed by atoms with van der Waals surface area (Å²) in [7, 11) is 1.33. The number of methoxy groups -OCH3 is 1. The Morgan fingerprint density at radius 2 is 1.63 bits per heavy atom. The lowest BCUT2D eigenvalue weighted by Gasteiger charge is -2.10. The van der Waals surface area contributed by atoms with Crippen molar-refractivity contribution in [1.29, 1.82) is 0 Å². The van der Waals surface area contributed by atoms with E-state index in [4.69, 9.17) is 9.47 Å². The Kier molecular flexibility index (Phi) is 3.64. The van der Waals surface area contributed by atoms with Gasteiger partial charge in [-0.15, -0.1) is 0 Å². The van der Waals surface area contributed by atoms with Crippen LogP contribution >= 0.6 is 0 Å². The summed E-state index contributed by atoms with van der Waals surface area (Å²) >= 11 is 0. The first-order chi connectivity index (χ1) is 9.01. The molecule has 2 nitrogen and oxygen atoms in total. The minimum Gasteiger partial charge on any atom is -0.494 e. The van der Waals surface area contributed by atoms with Crippen molar-refractivity contribution in [3.05, 3.63) is 53.3 Å². The summed E-state index contributed by atoms with van der Waals surface area (Å²) in [4.78, 5) is 0. The van der Waals surface area contributed by atoms with Crippen LogP contribution in [0.4, 0.5) is 13.2 Å². The molecule has 0 radical (unpaired) electrons. The summed E-state index contributed by atoms with van der Waals surface area (Å²) in [5.41, 5.74) is 0.330. The normalized spacial score (nSPS) is 10.4. The molecule has 0 N–H and O–H groups in total. The first-order valence-electron chi connectivity index (χ1n) is 5.48. The summed E-state index contributed by atoms with van der Waals surface area (Å²) in [6.45, 7) is 1.55. The van der Waals surface area contributed by atoms with Gasteiger partial charge in [0.05, 0.1) is 7.11 Å². The van der Waals surface area contributed by atoms with Crippen LogP contribution in [0.5, 0.6) is 17.2 Å². The Bertz CT molecular complexity index is 612. The summed E-state index contributed by atoms with van der Waals surface area (Å²) in [5.74, 6) is -2.03. The molecule has 0 unspecified atom stereocenters. The molecule has 5 heteroatoms. The molecule has 0 aromatic heterocycles. The van der Waals surface area contributed by atoms with E-state index in [1.807, 2.05) is 0 Å². The molecule has 2 aromatic rings. The molecule has 0 heterocycles. The highest BCUT2D eigenvalue weighted by Crippen LogP contribution is 2.30. The van der Waals surface area contributed by atoms with Crippen LogP contribution in [0.2, 0.25) is 0 Å². The average Bonchev–Trinajstić information content (AvgIpc) is 2.38. The monoisotopic (exact) mass is 268 g/mol. The highest BCUT2D eigenvalue weighted by atomic mass is 19.2. The van der Waals surface area contributed by atoms with Crippen LogP contribution < -0.4 is 9.47 Å². The Morgan fingerprint density at radius 1 is 0.895 bits per heavy atom. The SMILES string of the molecule is COc1cc(Oc2ccc(F)c(F)c2)cc(C)c1F. The Hall–Kier alpha value is -2.17. The Morgan fingerprint density at radius 3 is 2.26 bits per heavy atom. The third-order valence-electron chi connectivity index (χ3n) is 2.54. The van der Waals surface area contributed by atoms with E-state index in [-0.39, 0.29) is 17.2 Å². The standard InChI is InChI=1S/C14H11F3O2/c1-8-5-10(7-13(18-2)14(8)17)19-9-3-4-11(15)12(16)6-9/h3-7H,1-2H3. The summed E-state index contributed by atoms with van der Waals surface area (Å²) in [5, 5.41) is 0. The molecule has 0 fully saturated rings. The van der Waals surface area contributed by atoms with Crippen molar-refractivity contribution in [2.24, 2.45) is 0 Å². The molecule has 0 bridgehead atoms. The van der Waals surface area contributed by atoms with Crippen molar-refractivity contribution >= 4 is 0 Å². The topological polar surface area (TPSA) is 18.5 Å². The van der Waals surface area contributed by atoms with Crippen molar-refractivity contribution in [2.75, 3.05) is 7.11 Å². The summed E-state index contributed by atoms with van der Waals surface area (Å²) < 4.78 is 49.5. The van der Waals surface area contributed by atoms with E-state index in [2.05, 4.69) is 0 Å². The number of benzene rings is 2. The molecule has 19 heavy (non-hydrogen) atoms. The van der Waals surface area contributed by atoms with Crippen molar-refractivity contribution in [1.82, 2.24) is 0 Å². The fourth-order valence-electron chi connectivity index (χ4n) is 1.59. The van der Waals surface area contributed by atoms with E-state index in [0.717, 1.165) is 12.1 Å². The third-order valence-corrected chi connectivity index (χ3v) is 2.54. The van der Waals surface area contributed by atoms with Crippen LogP contribution in [0.3, 0.4) is 0 Å². The second-order valence-corrected chi connectivity index (χ2v) is 3.93. The molecule has 0 aliphatic carbocycles. The van der Waals surface area contributed by atoms with Crippen LogP contribution in [0.25, 0.3) is 0 Å². The maximum absolute atomic E-state index is 13.5. The van der Waals surface area contributed by atoms with E-state index in [0.29, 0.717) is 5.56 Å². The van der Waals surface area contributed by atoms with E-state index in [1.165, 1.54) is 25.3 Å². The third kappa shape index (κ3) is 2.81. The fraction of sp³-hybridized carbons (Fsp3) is 0.143. The van der Waals surface area contributed by atoms with Crippen LogP contribution in [0, 0.1) is 24.4 Å². The molecule has 2 aromatic carbocycles. The van der Waals surface area contributed by atoms with E-state index < -0.39 is 17.5 Å². The average molecular weight is 268 g/mol. The van der Waals surface area contributed by atoms with Crippen LogP contribution in [0.15, 0.2) is 30.3 Å². The minimum atomic E-state index is -1.01. The number of rotatable bonds is 3. The summed E-state index contributed by atoms with van der Waals surface area (Å²) in [6, 6.07) is 5.94. The maximum atomic E-state index is 13.5. The largest absolute Gasteiger partial charge is 0.494 e. The van der Waals surface area contributed by atoms with Crippen molar-refractivity contribution in [2.45, 2.75) is 6.92 Å². The highest BCUT2D eigenvalue weighted by Gasteiger charge is 2.10. The lowest BCUT2D eigenvalue weighted by molar-refractivity contribution is 0.379. The van der Waals surface area contributed by atoms with Crippen molar-refractivity contribution in [3.63, 3.8) is 0 Å². The van der Waals surface area contributed by atoms with Crippen LogP contribution in [-0.2, 0) is 0 Å². The second kappa shape index (κ2) is 5.22. The molecule has 0 saturated heterocycles. The number of aryl methyl sites for hydroxylation is 1. The van der Waals surface area contributed by atoms with Gasteiger partial charge in [-0.1, -0.05) is 0 Å². The van der Waals surface area contributed by atoms with Gasteiger partial charge in [0.25, 0.3) is 0 Å². The molecular formula is C14H11F3O2. The first-order valence-corrected chi connectivity index (χ1v) is 5.48. The Balaban J connectivity index is 2.32. The molecule has 100 valence electrons. The predicted octanol–water partition coefficient (Wildman–Crippen LogP) is 4.21. The number of hydrogen-bond acceptors (Lipinski definition) is 2. The van der Waals surface area contributed by atoms with Gasteiger partial charge >= 0.3 is 0 Å². The molecule has 0 spiro atoms. The van der Waals surface area contributed by atoms with Crippen molar-refractivity contribution < 1.29 is 22.6 Å². The van der Waals surface area contributed by atoms with Gasteiger partial charge in [-0.05, 0) is 30.7 Å². The molecule has 0 saturated carbocycles. The second-order valence-electron chi connectivity index (χ2n) is 3.93. The first kappa shape index (κ1) is 13.3. The van der Waals surface area contributed by atoms with Gasteiger partial charge < -0.3 is 9.47 Å². The molecular weight excluding hydrogens is 257 g/mol. The molecule has 0 amide bonds. The number of ether oxygens (including phenoxy) is 2. The minimum absolute atomic E-state index is 0.0255. The quantitative estimate of drug-likeness (QED) is 0.830. The van der Waals surface area contributed by atoms with Gasteiger partial charge in [-0.3, -0.25) is 0 Å². The molecule has 0 aliphatic rings.